The van der Waals surface area contributed by atoms with Crippen molar-refractivity contribution < 1.29 is 4.92 Å². The number of hydrogen-bond acceptors (Lipinski definition) is 5. The lowest BCUT2D eigenvalue weighted by atomic mass is 10.1. The fraction of sp³-hybridized carbons (Fsp3) is 0.727. The molecule has 0 aliphatic carbocycles. The fourth-order valence-electron chi connectivity index (χ4n) is 2.52. The molecule has 100 valence electrons. The minimum Gasteiger partial charge on any atom is -0.358 e. The number of imidazole rings is 1. The number of nitrogens with two attached hydrogens (primary N) is 1. The van der Waals surface area contributed by atoms with E-state index in [0.29, 0.717) is 30.6 Å². The molecule has 1 saturated heterocycles. The zero-order valence-electron chi connectivity index (χ0n) is 11.0. The molecule has 18 heavy (non-hydrogen) atoms. The summed E-state index contributed by atoms with van der Waals surface area (Å²) in [6.45, 7) is 7.87. The van der Waals surface area contributed by atoms with Crippen LogP contribution in [-0.4, -0.2) is 33.6 Å². The van der Waals surface area contributed by atoms with Crippen LogP contribution >= 0.6 is 0 Å². The van der Waals surface area contributed by atoms with Crippen LogP contribution in [0.1, 0.15) is 19.7 Å². The van der Waals surface area contributed by atoms with Gasteiger partial charge < -0.3 is 20.7 Å². The lowest BCUT2D eigenvalue weighted by Gasteiger charge is -2.18. The van der Waals surface area contributed by atoms with Crippen LogP contribution in [0.25, 0.3) is 0 Å². The normalized spacial score (nSPS) is 23.7. The Morgan fingerprint density at radius 2 is 2.22 bits per heavy atom. The van der Waals surface area contributed by atoms with E-state index in [2.05, 4.69) is 11.9 Å². The molecule has 1 aliphatic rings. The monoisotopic (exact) mass is 253 g/mol. The van der Waals surface area contributed by atoms with Crippen LogP contribution in [0.2, 0.25) is 0 Å². The first-order chi connectivity index (χ1) is 8.45. The van der Waals surface area contributed by atoms with Crippen molar-refractivity contribution in [3.63, 3.8) is 0 Å². The Bertz CT molecular complexity index is 460. The van der Waals surface area contributed by atoms with Crippen LogP contribution in [0.4, 0.5) is 11.6 Å². The number of nitrogens with zero attached hydrogens (tertiary/aromatic N) is 4. The molecule has 0 amide bonds. The summed E-state index contributed by atoms with van der Waals surface area (Å²) in [5, 5.41) is 11.1. The van der Waals surface area contributed by atoms with Gasteiger partial charge >= 0.3 is 5.82 Å². The van der Waals surface area contributed by atoms with Gasteiger partial charge in [-0.25, -0.2) is 0 Å². The second-order valence-electron chi connectivity index (χ2n) is 4.85. The van der Waals surface area contributed by atoms with Crippen molar-refractivity contribution in [1.82, 2.24) is 9.55 Å². The van der Waals surface area contributed by atoms with Crippen LogP contribution in [0.5, 0.6) is 0 Å². The highest BCUT2D eigenvalue weighted by Gasteiger charge is 2.35. The topological polar surface area (TPSA) is 90.2 Å². The molecular formula is C11H19N5O2. The average Bonchev–Trinajstić information content (AvgIpc) is 2.80. The van der Waals surface area contributed by atoms with Crippen LogP contribution in [0.3, 0.4) is 0 Å². The van der Waals surface area contributed by atoms with Gasteiger partial charge in [0, 0.05) is 32.6 Å². The Balaban J connectivity index is 2.45. The van der Waals surface area contributed by atoms with Gasteiger partial charge in [-0.3, -0.25) is 4.57 Å². The second-order valence-corrected chi connectivity index (χ2v) is 4.85. The van der Waals surface area contributed by atoms with E-state index in [1.165, 1.54) is 0 Å². The molecule has 2 atom stereocenters. The van der Waals surface area contributed by atoms with Gasteiger partial charge in [-0.1, -0.05) is 6.92 Å². The van der Waals surface area contributed by atoms with Gasteiger partial charge in [-0.05, 0) is 22.7 Å². The summed E-state index contributed by atoms with van der Waals surface area (Å²) in [6.07, 6.45) is 0. The summed E-state index contributed by atoms with van der Waals surface area (Å²) in [7, 11) is 0. The molecule has 7 nitrogen and oxygen atoms in total. The highest BCUT2D eigenvalue weighted by molar-refractivity contribution is 5.57. The molecule has 1 aromatic rings. The molecule has 0 bridgehead atoms. The molecule has 1 fully saturated rings. The quantitative estimate of drug-likeness (QED) is 0.638. The summed E-state index contributed by atoms with van der Waals surface area (Å²) >= 11 is 0. The van der Waals surface area contributed by atoms with Gasteiger partial charge in [-0.2, -0.15) is 0 Å². The molecule has 1 aromatic heterocycles. The molecule has 0 aromatic carbocycles. The smallest absolute Gasteiger partial charge is 0.358 e. The van der Waals surface area contributed by atoms with Crippen molar-refractivity contribution in [2.75, 3.05) is 18.0 Å². The zero-order valence-corrected chi connectivity index (χ0v) is 11.0. The standard InChI is InChI=1S/C11H19N5O2/c1-4-15-8(3)13-10(16(17)18)11(15)14-5-7(2)9(12)6-14/h7,9H,4-6,12H2,1-3H3. The molecule has 0 spiro atoms. The number of nitro groups is 1. The highest BCUT2D eigenvalue weighted by atomic mass is 16.6. The Morgan fingerprint density at radius 1 is 1.56 bits per heavy atom. The maximum absolute atomic E-state index is 11.1. The van der Waals surface area contributed by atoms with Crippen molar-refractivity contribution in [1.29, 1.82) is 0 Å². The SMILES string of the molecule is CCn1c(C)nc([N+](=O)[O-])c1N1CC(C)C(N)C1. The highest BCUT2D eigenvalue weighted by Crippen LogP contribution is 2.32. The largest absolute Gasteiger partial charge is 0.406 e. The van der Waals surface area contributed by atoms with Gasteiger partial charge in [0.05, 0.1) is 0 Å². The Labute approximate surface area is 106 Å². The number of rotatable bonds is 3. The molecule has 2 heterocycles. The van der Waals surface area contributed by atoms with E-state index >= 15 is 0 Å². The van der Waals surface area contributed by atoms with E-state index < -0.39 is 4.92 Å². The van der Waals surface area contributed by atoms with E-state index in [0.717, 1.165) is 6.54 Å². The molecular weight excluding hydrogens is 234 g/mol. The lowest BCUT2D eigenvalue weighted by Crippen LogP contribution is -2.29. The van der Waals surface area contributed by atoms with E-state index in [1.807, 2.05) is 16.4 Å². The van der Waals surface area contributed by atoms with E-state index in [9.17, 15) is 10.1 Å². The zero-order chi connectivity index (χ0) is 13.4. The van der Waals surface area contributed by atoms with Gasteiger partial charge in [0.15, 0.2) is 0 Å². The summed E-state index contributed by atoms with van der Waals surface area (Å²) in [6, 6.07) is 0.0603. The third-order valence-corrected chi connectivity index (χ3v) is 3.57. The summed E-state index contributed by atoms with van der Waals surface area (Å²) in [5.74, 6) is 1.55. The molecule has 2 rings (SSSR count). The summed E-state index contributed by atoms with van der Waals surface area (Å²) in [4.78, 5) is 16.7. The molecule has 0 radical (unpaired) electrons. The number of hydrogen-bond donors (Lipinski definition) is 1. The van der Waals surface area contributed by atoms with Gasteiger partial charge in [-0.15, -0.1) is 0 Å². The van der Waals surface area contributed by atoms with Crippen molar-refractivity contribution in [3.8, 4) is 0 Å². The maximum atomic E-state index is 11.1. The van der Waals surface area contributed by atoms with Crippen LogP contribution in [0.15, 0.2) is 0 Å². The van der Waals surface area contributed by atoms with E-state index in [4.69, 9.17) is 5.73 Å². The van der Waals surface area contributed by atoms with Crippen LogP contribution < -0.4 is 10.6 Å². The van der Waals surface area contributed by atoms with Gasteiger partial charge in [0.2, 0.25) is 11.6 Å². The van der Waals surface area contributed by atoms with Crippen molar-refractivity contribution in [2.45, 2.75) is 33.4 Å². The number of aryl methyl sites for hydroxylation is 1. The van der Waals surface area contributed by atoms with E-state index in [1.54, 1.807) is 6.92 Å². The predicted molar refractivity (Wildman–Crippen MR) is 68.6 cm³/mol. The van der Waals surface area contributed by atoms with Gasteiger partial charge in [0.1, 0.15) is 0 Å². The van der Waals surface area contributed by atoms with Crippen molar-refractivity contribution >= 4 is 11.6 Å². The minimum atomic E-state index is -0.414. The average molecular weight is 253 g/mol. The molecule has 1 aliphatic heterocycles. The first-order valence-electron chi connectivity index (χ1n) is 6.17. The van der Waals surface area contributed by atoms with Crippen molar-refractivity contribution in [2.24, 2.45) is 11.7 Å². The fourth-order valence-corrected chi connectivity index (χ4v) is 2.52. The van der Waals surface area contributed by atoms with Crippen molar-refractivity contribution in [3.05, 3.63) is 15.9 Å². The molecule has 7 heteroatoms. The summed E-state index contributed by atoms with van der Waals surface area (Å²) < 4.78 is 1.88. The minimum absolute atomic E-state index is 0.0596. The molecule has 2 N–H and O–H groups in total. The summed E-state index contributed by atoms with van der Waals surface area (Å²) in [5.41, 5.74) is 5.99. The maximum Gasteiger partial charge on any atom is 0.406 e. The van der Waals surface area contributed by atoms with Crippen LogP contribution in [0, 0.1) is 23.0 Å². The van der Waals surface area contributed by atoms with Crippen LogP contribution in [-0.2, 0) is 6.54 Å². The lowest BCUT2D eigenvalue weighted by molar-refractivity contribution is -0.388. The number of anilines is 1. The molecule has 2 unspecified atom stereocenters. The van der Waals surface area contributed by atoms with Gasteiger partial charge in [0.25, 0.3) is 0 Å². The van der Waals surface area contributed by atoms with E-state index in [-0.39, 0.29) is 11.9 Å². The third-order valence-electron chi connectivity index (χ3n) is 3.57. The Morgan fingerprint density at radius 3 is 2.67 bits per heavy atom. The Kier molecular flexibility index (Phi) is 3.25. The predicted octanol–water partition coefficient (Wildman–Crippen LogP) is 0.903. The first-order valence-corrected chi connectivity index (χ1v) is 6.17. The first kappa shape index (κ1) is 12.8. The third kappa shape index (κ3) is 1.94. The number of aromatic nitrogens is 2. The Hall–Kier alpha value is -1.63. The second kappa shape index (κ2) is 4.56. The molecule has 0 saturated carbocycles.